The first-order valence-corrected chi connectivity index (χ1v) is 6.69. The second-order valence-electron chi connectivity index (χ2n) is 4.01. The lowest BCUT2D eigenvalue weighted by Crippen LogP contribution is -2.02. The molecule has 0 aliphatic rings. The largest absolute Gasteiger partial charge is 0.330 e. The molecule has 3 rings (SSSR count). The van der Waals surface area contributed by atoms with Gasteiger partial charge in [0.05, 0.1) is 27.7 Å². The van der Waals surface area contributed by atoms with Crippen molar-refractivity contribution in [2.24, 2.45) is 0 Å². The molecule has 96 valence electrons. The van der Waals surface area contributed by atoms with E-state index >= 15 is 0 Å². The number of nitrogens with one attached hydrogen (secondary N) is 1. The summed E-state index contributed by atoms with van der Waals surface area (Å²) in [6.07, 6.45) is 1.62. The predicted molar refractivity (Wildman–Crippen MR) is 75.9 cm³/mol. The van der Waals surface area contributed by atoms with Crippen LogP contribution in [-0.2, 0) is 6.54 Å². The number of rotatable bonds is 2. The Morgan fingerprint density at radius 2 is 2.26 bits per heavy atom. The van der Waals surface area contributed by atoms with Gasteiger partial charge in [0.2, 0.25) is 0 Å². The molecule has 0 aliphatic carbocycles. The third-order valence-corrected chi connectivity index (χ3v) is 3.69. The monoisotopic (exact) mass is 338 g/mol. The van der Waals surface area contributed by atoms with Gasteiger partial charge < -0.3 is 9.55 Å². The lowest BCUT2D eigenvalue weighted by molar-refractivity contribution is 0.622. The highest BCUT2D eigenvalue weighted by Crippen LogP contribution is 2.23. The van der Waals surface area contributed by atoms with E-state index < -0.39 is 0 Å². The van der Waals surface area contributed by atoms with Gasteiger partial charge in [0.15, 0.2) is 4.77 Å². The highest BCUT2D eigenvalue weighted by Gasteiger charge is 2.09. The molecule has 0 fully saturated rings. The van der Waals surface area contributed by atoms with E-state index in [2.05, 4.69) is 31.1 Å². The maximum Gasteiger partial charge on any atom is 0.178 e. The van der Waals surface area contributed by atoms with Gasteiger partial charge in [-0.1, -0.05) is 0 Å². The first-order chi connectivity index (χ1) is 9.15. The van der Waals surface area contributed by atoms with Crippen molar-refractivity contribution < 1.29 is 4.39 Å². The van der Waals surface area contributed by atoms with Crippen LogP contribution in [0.2, 0.25) is 0 Å². The highest BCUT2D eigenvalue weighted by atomic mass is 79.9. The molecule has 2 heterocycles. The summed E-state index contributed by atoms with van der Waals surface area (Å²) in [5, 5.41) is 7.85. The van der Waals surface area contributed by atoms with Crippen LogP contribution in [0.1, 0.15) is 5.69 Å². The number of H-pyrrole nitrogens is 1. The minimum atomic E-state index is -0.324. The number of imidazole rings is 1. The summed E-state index contributed by atoms with van der Waals surface area (Å²) in [7, 11) is 0. The van der Waals surface area contributed by atoms with Crippen molar-refractivity contribution in [3.63, 3.8) is 0 Å². The molecule has 7 heteroatoms. The maximum absolute atomic E-state index is 13.5. The third-order valence-electron chi connectivity index (χ3n) is 2.76. The maximum atomic E-state index is 13.5. The molecule has 2 aromatic heterocycles. The van der Waals surface area contributed by atoms with E-state index in [9.17, 15) is 4.39 Å². The van der Waals surface area contributed by atoms with Crippen molar-refractivity contribution in [1.29, 1.82) is 0 Å². The zero-order chi connectivity index (χ0) is 13.4. The molecular formula is C12H8BrFN4S. The zero-order valence-electron chi connectivity index (χ0n) is 9.60. The highest BCUT2D eigenvalue weighted by molar-refractivity contribution is 9.10. The number of fused-ring (bicyclic) bond motifs is 1. The first kappa shape index (κ1) is 12.4. The lowest BCUT2D eigenvalue weighted by atomic mass is 10.3. The first-order valence-electron chi connectivity index (χ1n) is 5.49. The van der Waals surface area contributed by atoms with Crippen LogP contribution < -0.4 is 0 Å². The van der Waals surface area contributed by atoms with Crippen LogP contribution in [0.4, 0.5) is 4.39 Å². The number of nitrogens with zero attached hydrogens (tertiary/aromatic N) is 3. The van der Waals surface area contributed by atoms with Gasteiger partial charge in [-0.3, -0.25) is 0 Å². The van der Waals surface area contributed by atoms with Crippen molar-refractivity contribution in [3.05, 3.63) is 51.2 Å². The van der Waals surface area contributed by atoms with Gasteiger partial charge in [-0.25, -0.2) is 4.39 Å². The molecule has 0 radical (unpaired) electrons. The number of hydrogen-bond acceptors (Lipinski definition) is 3. The number of aromatic amines is 1. The summed E-state index contributed by atoms with van der Waals surface area (Å²) in [6, 6.07) is 6.80. The molecule has 0 saturated carbocycles. The zero-order valence-corrected chi connectivity index (χ0v) is 12.0. The Hall–Kier alpha value is -1.60. The van der Waals surface area contributed by atoms with E-state index in [1.165, 1.54) is 6.07 Å². The normalized spacial score (nSPS) is 11.1. The van der Waals surface area contributed by atoms with Gasteiger partial charge in [-0.05, 0) is 46.3 Å². The Morgan fingerprint density at radius 1 is 1.42 bits per heavy atom. The van der Waals surface area contributed by atoms with Gasteiger partial charge >= 0.3 is 0 Å². The van der Waals surface area contributed by atoms with E-state index in [0.29, 0.717) is 21.3 Å². The van der Waals surface area contributed by atoms with Gasteiger partial charge in [-0.15, -0.1) is 0 Å². The smallest absolute Gasteiger partial charge is 0.178 e. The van der Waals surface area contributed by atoms with Crippen LogP contribution in [0.5, 0.6) is 0 Å². The summed E-state index contributed by atoms with van der Waals surface area (Å²) >= 11 is 8.44. The van der Waals surface area contributed by atoms with E-state index in [1.807, 2.05) is 16.7 Å². The van der Waals surface area contributed by atoms with Crippen LogP contribution in [0.25, 0.3) is 11.0 Å². The predicted octanol–water partition coefficient (Wildman–Crippen LogP) is 3.44. The average Bonchev–Trinajstić information content (AvgIpc) is 2.68. The Kier molecular flexibility index (Phi) is 3.16. The van der Waals surface area contributed by atoms with Crippen LogP contribution in [0.15, 0.2) is 34.9 Å². The molecule has 1 aromatic carbocycles. The molecule has 1 N–H and O–H groups in total. The SMILES string of the molecule is Fc1cc2[nH]c(=S)n(Cc3cccnn3)c2cc1Br. The van der Waals surface area contributed by atoms with Crippen molar-refractivity contribution in [2.75, 3.05) is 0 Å². The van der Waals surface area contributed by atoms with Crippen LogP contribution in [0.3, 0.4) is 0 Å². The number of benzene rings is 1. The average molecular weight is 339 g/mol. The Bertz CT molecular complexity index is 797. The fraction of sp³-hybridized carbons (Fsp3) is 0.0833. The van der Waals surface area contributed by atoms with E-state index in [-0.39, 0.29) is 5.82 Å². The Morgan fingerprint density at radius 3 is 3.00 bits per heavy atom. The van der Waals surface area contributed by atoms with Crippen molar-refractivity contribution in [1.82, 2.24) is 19.7 Å². The molecule has 0 bridgehead atoms. The Labute approximate surface area is 121 Å². The Balaban J connectivity index is 2.16. The molecule has 0 amide bonds. The van der Waals surface area contributed by atoms with E-state index in [4.69, 9.17) is 12.2 Å². The minimum Gasteiger partial charge on any atom is -0.330 e. The fourth-order valence-corrected chi connectivity index (χ4v) is 2.49. The molecule has 0 atom stereocenters. The quantitative estimate of drug-likeness (QED) is 0.728. The van der Waals surface area contributed by atoms with Crippen LogP contribution in [0, 0.1) is 10.6 Å². The molecule has 19 heavy (non-hydrogen) atoms. The molecule has 0 spiro atoms. The van der Waals surface area contributed by atoms with E-state index in [0.717, 1.165) is 11.2 Å². The molecule has 3 aromatic rings. The molecule has 0 aliphatic heterocycles. The number of hydrogen-bond donors (Lipinski definition) is 1. The van der Waals surface area contributed by atoms with Gasteiger partial charge in [-0.2, -0.15) is 10.2 Å². The van der Waals surface area contributed by atoms with Crippen LogP contribution >= 0.6 is 28.1 Å². The topological polar surface area (TPSA) is 46.5 Å². The molecule has 4 nitrogen and oxygen atoms in total. The second kappa shape index (κ2) is 4.82. The second-order valence-corrected chi connectivity index (χ2v) is 5.26. The standard InChI is InChI=1S/C12H8BrFN4S/c13-8-4-11-10(5-9(8)14)16-12(19)18(11)6-7-2-1-3-15-17-7/h1-5H,6H2,(H,16,19). The van der Waals surface area contributed by atoms with E-state index in [1.54, 1.807) is 12.3 Å². The van der Waals surface area contributed by atoms with Gasteiger partial charge in [0, 0.05) is 12.3 Å². The fourth-order valence-electron chi connectivity index (χ4n) is 1.89. The van der Waals surface area contributed by atoms with Crippen molar-refractivity contribution >= 4 is 39.2 Å². The van der Waals surface area contributed by atoms with Gasteiger partial charge in [0.1, 0.15) is 5.82 Å². The summed E-state index contributed by atoms with van der Waals surface area (Å²) in [4.78, 5) is 2.98. The summed E-state index contributed by atoms with van der Waals surface area (Å²) in [6.45, 7) is 0.491. The van der Waals surface area contributed by atoms with Crippen LogP contribution in [-0.4, -0.2) is 19.7 Å². The number of aromatic nitrogens is 4. The van der Waals surface area contributed by atoms with Crippen molar-refractivity contribution in [2.45, 2.75) is 6.54 Å². The molecule has 0 saturated heterocycles. The number of halogens is 2. The van der Waals surface area contributed by atoms with Crippen molar-refractivity contribution in [3.8, 4) is 0 Å². The minimum absolute atomic E-state index is 0.324. The molecule has 0 unspecified atom stereocenters. The third kappa shape index (κ3) is 2.31. The lowest BCUT2D eigenvalue weighted by Gasteiger charge is -2.03. The molecular weight excluding hydrogens is 331 g/mol. The summed E-state index contributed by atoms with van der Waals surface area (Å²) < 4.78 is 16.3. The summed E-state index contributed by atoms with van der Waals surface area (Å²) in [5.74, 6) is -0.324. The van der Waals surface area contributed by atoms with Gasteiger partial charge in [0.25, 0.3) is 0 Å². The summed E-state index contributed by atoms with van der Waals surface area (Å²) in [5.41, 5.74) is 2.28.